The van der Waals surface area contributed by atoms with Gasteiger partial charge in [0.1, 0.15) is 0 Å². The summed E-state index contributed by atoms with van der Waals surface area (Å²) in [6, 6.07) is 21.2. The second kappa shape index (κ2) is 6.61. The third-order valence-electron chi connectivity index (χ3n) is 3.09. The first-order valence-electron chi connectivity index (χ1n) is 6.42. The van der Waals surface area contributed by atoms with E-state index in [9.17, 15) is 0 Å². The maximum Gasteiger partial charge on any atom is 0.0621 e. The van der Waals surface area contributed by atoms with Crippen molar-refractivity contribution in [2.45, 2.75) is 25.7 Å². The largest absolute Gasteiger partial charge is 0.198 e. The van der Waals surface area contributed by atoms with Crippen molar-refractivity contribution in [3.8, 4) is 17.2 Å². The Morgan fingerprint density at radius 3 is 2.33 bits per heavy atom. The first-order valence-corrected chi connectivity index (χ1v) is 6.42. The predicted molar refractivity (Wildman–Crippen MR) is 75.0 cm³/mol. The van der Waals surface area contributed by atoms with Gasteiger partial charge in [-0.2, -0.15) is 5.26 Å². The van der Waals surface area contributed by atoms with Crippen LogP contribution in [0.1, 0.15) is 24.8 Å². The minimum Gasteiger partial charge on any atom is -0.198 e. The molecule has 0 heterocycles. The summed E-state index contributed by atoms with van der Waals surface area (Å²) in [4.78, 5) is 0. The Bertz CT molecular complexity index is 523. The number of nitriles is 1. The molecule has 2 aromatic carbocycles. The third-order valence-corrected chi connectivity index (χ3v) is 3.09. The Balaban J connectivity index is 2.14. The molecular formula is C17H17N. The highest BCUT2D eigenvalue weighted by molar-refractivity contribution is 5.67. The fourth-order valence-corrected chi connectivity index (χ4v) is 2.16. The second-order valence-electron chi connectivity index (χ2n) is 4.39. The lowest BCUT2D eigenvalue weighted by Gasteiger charge is -2.09. The van der Waals surface area contributed by atoms with Crippen molar-refractivity contribution in [1.82, 2.24) is 0 Å². The highest BCUT2D eigenvalue weighted by Gasteiger charge is 2.03. The van der Waals surface area contributed by atoms with Crippen molar-refractivity contribution >= 4 is 0 Å². The minimum absolute atomic E-state index is 0.660. The van der Waals surface area contributed by atoms with Gasteiger partial charge in [0.05, 0.1) is 6.07 Å². The van der Waals surface area contributed by atoms with Crippen LogP contribution in [0.2, 0.25) is 0 Å². The van der Waals surface area contributed by atoms with Crippen molar-refractivity contribution in [1.29, 1.82) is 5.26 Å². The van der Waals surface area contributed by atoms with Crippen LogP contribution in [0, 0.1) is 11.3 Å². The van der Waals surface area contributed by atoms with E-state index in [0.717, 1.165) is 19.3 Å². The number of benzene rings is 2. The van der Waals surface area contributed by atoms with Crippen LogP contribution in [0.15, 0.2) is 54.6 Å². The molecule has 1 nitrogen and oxygen atoms in total. The maximum absolute atomic E-state index is 8.55. The Morgan fingerprint density at radius 1 is 0.833 bits per heavy atom. The van der Waals surface area contributed by atoms with E-state index in [-0.39, 0.29) is 0 Å². The van der Waals surface area contributed by atoms with E-state index in [4.69, 9.17) is 5.26 Å². The monoisotopic (exact) mass is 235 g/mol. The van der Waals surface area contributed by atoms with Crippen LogP contribution in [-0.2, 0) is 6.42 Å². The molecule has 0 aliphatic heterocycles. The molecule has 0 bridgehead atoms. The molecule has 2 aromatic rings. The summed E-state index contributed by atoms with van der Waals surface area (Å²) in [6.07, 6.45) is 3.78. The number of hydrogen-bond acceptors (Lipinski definition) is 1. The summed E-state index contributed by atoms with van der Waals surface area (Å²) in [5.74, 6) is 0. The molecule has 0 amide bonds. The molecule has 0 atom stereocenters. The SMILES string of the molecule is N#CCCCCc1ccccc1-c1ccccc1. The Morgan fingerprint density at radius 2 is 1.56 bits per heavy atom. The van der Waals surface area contributed by atoms with Crippen molar-refractivity contribution in [3.63, 3.8) is 0 Å². The van der Waals surface area contributed by atoms with Crippen LogP contribution < -0.4 is 0 Å². The molecule has 0 fully saturated rings. The smallest absolute Gasteiger partial charge is 0.0621 e. The Labute approximate surface area is 109 Å². The van der Waals surface area contributed by atoms with Crippen LogP contribution in [0.25, 0.3) is 11.1 Å². The number of unbranched alkanes of at least 4 members (excludes halogenated alkanes) is 2. The average molecular weight is 235 g/mol. The van der Waals surface area contributed by atoms with Gasteiger partial charge >= 0.3 is 0 Å². The van der Waals surface area contributed by atoms with Crippen LogP contribution in [0.5, 0.6) is 0 Å². The van der Waals surface area contributed by atoms with Gasteiger partial charge in [-0.15, -0.1) is 0 Å². The molecule has 1 heteroatoms. The quantitative estimate of drug-likeness (QED) is 0.695. The van der Waals surface area contributed by atoms with Crippen molar-refractivity contribution in [2.24, 2.45) is 0 Å². The zero-order valence-electron chi connectivity index (χ0n) is 10.5. The van der Waals surface area contributed by atoms with Gasteiger partial charge in [-0.05, 0) is 36.0 Å². The molecule has 90 valence electrons. The zero-order valence-corrected chi connectivity index (χ0v) is 10.5. The van der Waals surface area contributed by atoms with Crippen molar-refractivity contribution < 1.29 is 0 Å². The number of nitrogens with zero attached hydrogens (tertiary/aromatic N) is 1. The lowest BCUT2D eigenvalue weighted by Crippen LogP contribution is -1.90. The van der Waals surface area contributed by atoms with E-state index in [2.05, 4.69) is 54.6 Å². The van der Waals surface area contributed by atoms with Gasteiger partial charge in [0.15, 0.2) is 0 Å². The number of hydrogen-bond donors (Lipinski definition) is 0. The summed E-state index contributed by atoms with van der Waals surface area (Å²) in [5, 5.41) is 8.55. The molecule has 0 spiro atoms. The van der Waals surface area contributed by atoms with Gasteiger partial charge in [0.2, 0.25) is 0 Å². The van der Waals surface area contributed by atoms with Gasteiger partial charge in [-0.25, -0.2) is 0 Å². The highest BCUT2D eigenvalue weighted by Crippen LogP contribution is 2.24. The summed E-state index contributed by atoms with van der Waals surface area (Å²) >= 11 is 0. The first-order chi connectivity index (χ1) is 8.92. The molecule has 0 unspecified atom stereocenters. The minimum atomic E-state index is 0.660. The van der Waals surface area contributed by atoms with Crippen molar-refractivity contribution in [2.75, 3.05) is 0 Å². The summed E-state index contributed by atoms with van der Waals surface area (Å²) in [5.41, 5.74) is 3.96. The van der Waals surface area contributed by atoms with Crippen molar-refractivity contribution in [3.05, 3.63) is 60.2 Å². The summed E-state index contributed by atoms with van der Waals surface area (Å²) < 4.78 is 0. The lowest BCUT2D eigenvalue weighted by atomic mass is 9.96. The molecule has 0 aromatic heterocycles. The third kappa shape index (κ3) is 3.21. The Hall–Kier alpha value is -2.07. The van der Waals surface area contributed by atoms with Crippen LogP contribution >= 0.6 is 0 Å². The van der Waals surface area contributed by atoms with Gasteiger partial charge < -0.3 is 0 Å². The van der Waals surface area contributed by atoms with Crippen LogP contribution in [0.3, 0.4) is 0 Å². The molecule has 0 saturated carbocycles. The van der Waals surface area contributed by atoms with Crippen LogP contribution in [-0.4, -0.2) is 0 Å². The lowest BCUT2D eigenvalue weighted by molar-refractivity contribution is 0.753. The van der Waals surface area contributed by atoms with Crippen LogP contribution in [0.4, 0.5) is 0 Å². The van der Waals surface area contributed by atoms with E-state index >= 15 is 0 Å². The molecular weight excluding hydrogens is 218 g/mol. The van der Waals surface area contributed by atoms with E-state index in [1.54, 1.807) is 0 Å². The fraction of sp³-hybridized carbons (Fsp3) is 0.235. The first kappa shape index (κ1) is 12.4. The van der Waals surface area contributed by atoms with Gasteiger partial charge in [-0.1, -0.05) is 54.6 Å². The summed E-state index contributed by atoms with van der Waals surface area (Å²) in [7, 11) is 0. The number of aryl methyl sites for hydroxylation is 1. The molecule has 0 N–H and O–H groups in total. The second-order valence-corrected chi connectivity index (χ2v) is 4.39. The van der Waals surface area contributed by atoms with E-state index in [1.165, 1.54) is 16.7 Å². The standard InChI is InChI=1S/C17H17N/c18-14-8-2-5-11-16-12-6-7-13-17(16)15-9-3-1-4-10-15/h1,3-4,6-7,9-10,12-13H,2,5,8,11H2. The molecule has 0 radical (unpaired) electrons. The summed E-state index contributed by atoms with van der Waals surface area (Å²) in [6.45, 7) is 0. The topological polar surface area (TPSA) is 23.8 Å². The zero-order chi connectivity index (χ0) is 12.6. The Kier molecular flexibility index (Phi) is 4.55. The molecule has 2 rings (SSSR count). The van der Waals surface area contributed by atoms with Gasteiger partial charge in [-0.3, -0.25) is 0 Å². The van der Waals surface area contributed by atoms with E-state index in [0.29, 0.717) is 6.42 Å². The molecule has 0 saturated heterocycles. The normalized spacial score (nSPS) is 9.94. The highest BCUT2D eigenvalue weighted by atomic mass is 14.2. The molecule has 18 heavy (non-hydrogen) atoms. The number of rotatable bonds is 5. The van der Waals surface area contributed by atoms with Gasteiger partial charge in [0, 0.05) is 6.42 Å². The average Bonchev–Trinajstić information content (AvgIpc) is 2.45. The van der Waals surface area contributed by atoms with Gasteiger partial charge in [0.25, 0.3) is 0 Å². The maximum atomic E-state index is 8.55. The predicted octanol–water partition coefficient (Wildman–Crippen LogP) is 4.59. The van der Waals surface area contributed by atoms with E-state index in [1.807, 2.05) is 6.07 Å². The molecule has 0 aliphatic carbocycles. The molecule has 0 aliphatic rings. The fourth-order valence-electron chi connectivity index (χ4n) is 2.16. The van der Waals surface area contributed by atoms with E-state index < -0.39 is 0 Å².